The number of rotatable bonds is 3. The fourth-order valence-corrected chi connectivity index (χ4v) is 2.53. The first-order valence-electron chi connectivity index (χ1n) is 5.08. The third-order valence-electron chi connectivity index (χ3n) is 3.23. The number of hydrogen-bond acceptors (Lipinski definition) is 2. The van der Waals surface area contributed by atoms with Gasteiger partial charge >= 0.3 is 0 Å². The summed E-state index contributed by atoms with van der Waals surface area (Å²) >= 11 is 0. The summed E-state index contributed by atoms with van der Waals surface area (Å²) in [5.74, 6) is 2.92. The Labute approximate surface area is 79.3 Å². The number of hydrogen-bond donors (Lipinski definition) is 1. The lowest BCUT2D eigenvalue weighted by molar-refractivity contribution is 0.0397. The van der Waals surface area contributed by atoms with Gasteiger partial charge in [0.1, 0.15) is 0 Å². The number of aliphatic hydroxyl groups is 1. The molecule has 0 saturated carbocycles. The van der Waals surface area contributed by atoms with Crippen LogP contribution in [-0.4, -0.2) is 23.4 Å². The normalized spacial score (nSPS) is 38.9. The lowest BCUT2D eigenvalue weighted by atomic mass is 9.84. The summed E-state index contributed by atoms with van der Waals surface area (Å²) < 4.78 is 5.67. The predicted octanol–water partition coefficient (Wildman–Crippen LogP) is 1.33. The first kappa shape index (κ1) is 9.05. The highest BCUT2D eigenvalue weighted by atomic mass is 16.5. The molecule has 2 nitrogen and oxygen atoms in total. The van der Waals surface area contributed by atoms with Crippen LogP contribution in [0.4, 0.5) is 0 Å². The zero-order valence-electron chi connectivity index (χ0n) is 7.78. The van der Waals surface area contributed by atoms with Gasteiger partial charge in [-0.05, 0) is 25.7 Å². The van der Waals surface area contributed by atoms with E-state index in [9.17, 15) is 5.11 Å². The predicted molar refractivity (Wildman–Crippen MR) is 50.1 cm³/mol. The van der Waals surface area contributed by atoms with Gasteiger partial charge in [0, 0.05) is 12.3 Å². The molecular weight excluding hydrogens is 164 g/mol. The summed E-state index contributed by atoms with van der Waals surface area (Å²) in [6, 6.07) is 0. The standard InChI is InChI=1S/C11H16O2/c1-2-3-4-10(12)9-7-8-5-6-11(9)13-8/h1,8-12H,3-7H2. The van der Waals surface area contributed by atoms with Crippen molar-refractivity contribution in [2.75, 3.05) is 0 Å². The Morgan fingerprint density at radius 2 is 2.38 bits per heavy atom. The van der Waals surface area contributed by atoms with Gasteiger partial charge in [-0.2, -0.15) is 0 Å². The van der Waals surface area contributed by atoms with E-state index in [2.05, 4.69) is 5.92 Å². The van der Waals surface area contributed by atoms with Crippen molar-refractivity contribution in [1.82, 2.24) is 0 Å². The Kier molecular flexibility index (Phi) is 2.57. The molecule has 2 aliphatic rings. The van der Waals surface area contributed by atoms with Gasteiger partial charge in [0.15, 0.2) is 0 Å². The third-order valence-corrected chi connectivity index (χ3v) is 3.23. The van der Waals surface area contributed by atoms with Crippen molar-refractivity contribution >= 4 is 0 Å². The maximum absolute atomic E-state index is 9.83. The molecule has 13 heavy (non-hydrogen) atoms. The largest absolute Gasteiger partial charge is 0.393 e. The van der Waals surface area contributed by atoms with Crippen LogP contribution < -0.4 is 0 Å². The van der Waals surface area contributed by atoms with Crippen molar-refractivity contribution in [1.29, 1.82) is 0 Å². The second kappa shape index (κ2) is 3.69. The van der Waals surface area contributed by atoms with Crippen molar-refractivity contribution in [3.8, 4) is 12.3 Å². The van der Waals surface area contributed by atoms with Crippen molar-refractivity contribution in [3.63, 3.8) is 0 Å². The zero-order chi connectivity index (χ0) is 9.26. The monoisotopic (exact) mass is 180 g/mol. The fourth-order valence-electron chi connectivity index (χ4n) is 2.53. The first-order chi connectivity index (χ1) is 6.31. The summed E-state index contributed by atoms with van der Waals surface area (Å²) in [6.45, 7) is 0. The van der Waals surface area contributed by atoms with E-state index in [1.165, 1.54) is 6.42 Å². The van der Waals surface area contributed by atoms with E-state index in [-0.39, 0.29) is 6.10 Å². The van der Waals surface area contributed by atoms with Gasteiger partial charge in [0.05, 0.1) is 18.3 Å². The summed E-state index contributed by atoms with van der Waals surface area (Å²) in [4.78, 5) is 0. The lowest BCUT2D eigenvalue weighted by Gasteiger charge is -2.23. The molecule has 0 aromatic carbocycles. The molecule has 0 spiro atoms. The van der Waals surface area contributed by atoms with Crippen molar-refractivity contribution in [2.24, 2.45) is 5.92 Å². The number of fused-ring (bicyclic) bond motifs is 2. The molecule has 0 aromatic heterocycles. The van der Waals surface area contributed by atoms with E-state index >= 15 is 0 Å². The van der Waals surface area contributed by atoms with Crippen LogP contribution in [0.1, 0.15) is 32.1 Å². The van der Waals surface area contributed by atoms with Gasteiger partial charge < -0.3 is 9.84 Å². The minimum Gasteiger partial charge on any atom is -0.393 e. The minimum atomic E-state index is -0.244. The highest BCUT2D eigenvalue weighted by Crippen LogP contribution is 2.41. The van der Waals surface area contributed by atoms with E-state index in [0.29, 0.717) is 24.5 Å². The van der Waals surface area contributed by atoms with Crippen LogP contribution in [0, 0.1) is 18.3 Å². The highest BCUT2D eigenvalue weighted by Gasteiger charge is 2.43. The SMILES string of the molecule is C#CCCC(O)C1CC2CCC1O2. The Balaban J connectivity index is 1.84. The van der Waals surface area contributed by atoms with Crippen LogP contribution in [0.2, 0.25) is 0 Å². The summed E-state index contributed by atoms with van der Waals surface area (Å²) in [6.07, 6.45) is 10.4. The minimum absolute atomic E-state index is 0.244. The van der Waals surface area contributed by atoms with Crippen molar-refractivity contribution in [2.45, 2.75) is 50.4 Å². The maximum atomic E-state index is 9.83. The zero-order valence-corrected chi connectivity index (χ0v) is 7.78. The molecule has 4 atom stereocenters. The van der Waals surface area contributed by atoms with Gasteiger partial charge in [-0.25, -0.2) is 0 Å². The second-order valence-electron chi connectivity index (χ2n) is 4.08. The highest BCUT2D eigenvalue weighted by molar-refractivity contribution is 4.94. The van der Waals surface area contributed by atoms with E-state index in [4.69, 9.17) is 11.2 Å². The van der Waals surface area contributed by atoms with Crippen molar-refractivity contribution < 1.29 is 9.84 Å². The van der Waals surface area contributed by atoms with E-state index in [0.717, 1.165) is 19.3 Å². The lowest BCUT2D eigenvalue weighted by Crippen LogP contribution is -2.29. The number of terminal acetylenes is 1. The molecule has 4 unspecified atom stereocenters. The Hall–Kier alpha value is -0.520. The van der Waals surface area contributed by atoms with Gasteiger partial charge in [0.25, 0.3) is 0 Å². The maximum Gasteiger partial charge on any atom is 0.0633 e. The average molecular weight is 180 g/mol. The molecule has 2 fully saturated rings. The molecule has 2 heterocycles. The molecule has 0 radical (unpaired) electrons. The Morgan fingerprint density at radius 1 is 1.54 bits per heavy atom. The molecule has 0 aromatic rings. The number of ether oxygens (including phenoxy) is 1. The van der Waals surface area contributed by atoms with E-state index in [1.54, 1.807) is 0 Å². The Morgan fingerprint density at radius 3 is 2.92 bits per heavy atom. The van der Waals surface area contributed by atoms with Crippen molar-refractivity contribution in [3.05, 3.63) is 0 Å². The molecule has 2 heteroatoms. The summed E-state index contributed by atoms with van der Waals surface area (Å²) in [7, 11) is 0. The third kappa shape index (κ3) is 1.72. The van der Waals surface area contributed by atoms with Crippen LogP contribution in [-0.2, 0) is 4.74 Å². The van der Waals surface area contributed by atoms with Gasteiger partial charge in [0.2, 0.25) is 0 Å². The molecule has 2 aliphatic heterocycles. The molecular formula is C11H16O2. The van der Waals surface area contributed by atoms with Crippen LogP contribution in [0.15, 0.2) is 0 Å². The molecule has 2 rings (SSSR count). The van der Waals surface area contributed by atoms with Crippen LogP contribution in [0.5, 0.6) is 0 Å². The molecule has 1 N–H and O–H groups in total. The molecule has 2 saturated heterocycles. The average Bonchev–Trinajstić information content (AvgIpc) is 2.74. The first-order valence-corrected chi connectivity index (χ1v) is 5.08. The number of aliphatic hydroxyl groups excluding tert-OH is 1. The van der Waals surface area contributed by atoms with E-state index in [1.807, 2.05) is 0 Å². The van der Waals surface area contributed by atoms with Gasteiger partial charge in [-0.1, -0.05) is 0 Å². The smallest absolute Gasteiger partial charge is 0.0633 e. The van der Waals surface area contributed by atoms with E-state index < -0.39 is 0 Å². The second-order valence-corrected chi connectivity index (χ2v) is 4.08. The summed E-state index contributed by atoms with van der Waals surface area (Å²) in [5, 5.41) is 9.83. The van der Waals surface area contributed by atoms with Crippen LogP contribution >= 0.6 is 0 Å². The Bertz CT molecular complexity index is 219. The van der Waals surface area contributed by atoms with Gasteiger partial charge in [-0.3, -0.25) is 0 Å². The van der Waals surface area contributed by atoms with Crippen LogP contribution in [0.25, 0.3) is 0 Å². The molecule has 0 amide bonds. The fraction of sp³-hybridized carbons (Fsp3) is 0.818. The quantitative estimate of drug-likeness (QED) is 0.664. The molecule has 0 aliphatic carbocycles. The summed E-state index contributed by atoms with van der Waals surface area (Å²) in [5.41, 5.74) is 0. The topological polar surface area (TPSA) is 29.5 Å². The van der Waals surface area contributed by atoms with Gasteiger partial charge in [-0.15, -0.1) is 12.3 Å². The molecule has 2 bridgehead atoms. The molecule has 72 valence electrons. The van der Waals surface area contributed by atoms with Crippen LogP contribution in [0.3, 0.4) is 0 Å².